The molecule has 1 rings (SSSR count). The molecular weight excluding hydrogens is 162 g/mol. The quantitative estimate of drug-likeness (QED) is 0.593. The number of rotatable bonds is 1. The van der Waals surface area contributed by atoms with Crippen LogP contribution in [-0.4, -0.2) is 17.5 Å². The van der Waals surface area contributed by atoms with Gasteiger partial charge < -0.3 is 4.57 Å². The number of hydrogen-bond donors (Lipinski definition) is 0. The van der Waals surface area contributed by atoms with Crippen LogP contribution in [0.2, 0.25) is 0 Å². The number of benzene rings is 1. The van der Waals surface area contributed by atoms with Gasteiger partial charge in [-0.05, 0) is 50.6 Å². The van der Waals surface area contributed by atoms with Gasteiger partial charge in [0.25, 0.3) is 0 Å². The Balaban J connectivity index is 3.27. The second-order valence-corrected chi connectivity index (χ2v) is 3.88. The Hall–Kier alpha value is -0.763. The standard InChI is InChI=1S/C10H14NSi/c1-7-5-6-10(11(4)12)9(3)8(7)2/h5-6H,1-4H3. The Labute approximate surface area is 77.9 Å². The Morgan fingerprint density at radius 3 is 2.17 bits per heavy atom. The van der Waals surface area contributed by atoms with Crippen molar-refractivity contribution in [3.05, 3.63) is 28.8 Å². The van der Waals surface area contributed by atoms with Gasteiger partial charge in [0.1, 0.15) is 0 Å². The fraction of sp³-hybridized carbons (Fsp3) is 0.400. The van der Waals surface area contributed by atoms with Crippen LogP contribution in [0.25, 0.3) is 0 Å². The predicted octanol–water partition coefficient (Wildman–Crippen LogP) is 2.13. The van der Waals surface area contributed by atoms with Crippen molar-refractivity contribution in [2.45, 2.75) is 20.8 Å². The highest BCUT2D eigenvalue weighted by atomic mass is 28.2. The van der Waals surface area contributed by atoms with E-state index in [1.165, 1.54) is 22.4 Å². The van der Waals surface area contributed by atoms with Crippen LogP contribution >= 0.6 is 0 Å². The molecule has 63 valence electrons. The van der Waals surface area contributed by atoms with Crippen LogP contribution in [0, 0.1) is 20.8 Å². The molecule has 1 nitrogen and oxygen atoms in total. The molecule has 0 N–H and O–H groups in total. The minimum atomic E-state index is 1.23. The number of aryl methyl sites for hydroxylation is 1. The molecule has 0 saturated heterocycles. The van der Waals surface area contributed by atoms with E-state index in [1.807, 2.05) is 11.6 Å². The molecule has 0 fully saturated rings. The molecular formula is C10H14NSi. The molecule has 0 spiro atoms. The van der Waals surface area contributed by atoms with E-state index >= 15 is 0 Å². The molecule has 0 aliphatic carbocycles. The van der Waals surface area contributed by atoms with Crippen molar-refractivity contribution in [2.75, 3.05) is 11.6 Å². The van der Waals surface area contributed by atoms with Crippen LogP contribution in [0.3, 0.4) is 0 Å². The van der Waals surface area contributed by atoms with Crippen molar-refractivity contribution < 1.29 is 0 Å². The molecule has 0 heterocycles. The summed E-state index contributed by atoms with van der Waals surface area (Å²) in [6.07, 6.45) is 0. The van der Waals surface area contributed by atoms with Gasteiger partial charge in [0.2, 0.25) is 0 Å². The first-order valence-corrected chi connectivity index (χ1v) is 4.50. The molecule has 0 aliphatic heterocycles. The first-order valence-electron chi connectivity index (χ1n) is 4.06. The average Bonchev–Trinajstić information content (AvgIpc) is 2.00. The van der Waals surface area contributed by atoms with Crippen LogP contribution < -0.4 is 4.57 Å². The summed E-state index contributed by atoms with van der Waals surface area (Å²) in [5, 5.41) is 0. The minimum Gasteiger partial charge on any atom is -0.402 e. The molecule has 0 atom stereocenters. The van der Waals surface area contributed by atoms with E-state index in [0.29, 0.717) is 0 Å². The van der Waals surface area contributed by atoms with Gasteiger partial charge in [-0.3, -0.25) is 0 Å². The van der Waals surface area contributed by atoms with E-state index in [-0.39, 0.29) is 0 Å². The molecule has 2 heteroatoms. The van der Waals surface area contributed by atoms with E-state index in [9.17, 15) is 0 Å². The van der Waals surface area contributed by atoms with Crippen LogP contribution in [0.5, 0.6) is 0 Å². The van der Waals surface area contributed by atoms with Gasteiger partial charge in [-0.15, -0.1) is 0 Å². The molecule has 1 aromatic carbocycles. The van der Waals surface area contributed by atoms with Crippen molar-refractivity contribution in [1.82, 2.24) is 0 Å². The van der Waals surface area contributed by atoms with Crippen molar-refractivity contribution in [1.29, 1.82) is 0 Å². The van der Waals surface area contributed by atoms with Crippen LogP contribution in [0.15, 0.2) is 12.1 Å². The van der Waals surface area contributed by atoms with Gasteiger partial charge in [-0.25, -0.2) is 0 Å². The highest BCUT2D eigenvalue weighted by Crippen LogP contribution is 2.22. The van der Waals surface area contributed by atoms with Crippen LogP contribution in [-0.2, 0) is 0 Å². The Kier molecular flexibility index (Phi) is 2.57. The third-order valence-electron chi connectivity index (χ3n) is 2.39. The molecule has 1 aromatic rings. The van der Waals surface area contributed by atoms with Gasteiger partial charge in [-0.1, -0.05) is 6.07 Å². The lowest BCUT2D eigenvalue weighted by molar-refractivity contribution is 1.22. The maximum absolute atomic E-state index is 3.48. The summed E-state index contributed by atoms with van der Waals surface area (Å²) in [5.41, 5.74) is 5.30. The summed E-state index contributed by atoms with van der Waals surface area (Å²) >= 11 is 0. The molecule has 0 aliphatic rings. The molecule has 3 radical (unpaired) electrons. The fourth-order valence-corrected chi connectivity index (χ4v) is 1.55. The lowest BCUT2D eigenvalue weighted by Crippen LogP contribution is -2.13. The van der Waals surface area contributed by atoms with E-state index < -0.39 is 0 Å². The Bertz CT molecular complexity index is 292. The maximum atomic E-state index is 3.48. The van der Waals surface area contributed by atoms with Crippen LogP contribution in [0.4, 0.5) is 5.69 Å². The molecule has 0 amide bonds. The fourth-order valence-electron chi connectivity index (χ4n) is 1.31. The number of hydrogen-bond acceptors (Lipinski definition) is 1. The molecule has 12 heavy (non-hydrogen) atoms. The number of nitrogens with zero attached hydrogens (tertiary/aromatic N) is 1. The second kappa shape index (κ2) is 3.31. The zero-order valence-corrected chi connectivity index (χ0v) is 9.10. The Morgan fingerprint density at radius 2 is 1.67 bits per heavy atom. The van der Waals surface area contributed by atoms with Crippen molar-refractivity contribution >= 4 is 16.1 Å². The summed E-state index contributed by atoms with van der Waals surface area (Å²) in [4.78, 5) is 0. The van der Waals surface area contributed by atoms with Gasteiger partial charge in [-0.2, -0.15) is 0 Å². The van der Waals surface area contributed by atoms with E-state index in [1.54, 1.807) is 0 Å². The van der Waals surface area contributed by atoms with E-state index in [4.69, 9.17) is 0 Å². The van der Waals surface area contributed by atoms with Crippen molar-refractivity contribution in [2.24, 2.45) is 0 Å². The molecule has 0 saturated carbocycles. The normalized spacial score (nSPS) is 10.1. The van der Waals surface area contributed by atoms with Crippen molar-refractivity contribution in [3.63, 3.8) is 0 Å². The van der Waals surface area contributed by atoms with Gasteiger partial charge in [0.05, 0.1) is 0 Å². The highest BCUT2D eigenvalue weighted by Gasteiger charge is 2.03. The third kappa shape index (κ3) is 1.53. The van der Waals surface area contributed by atoms with E-state index in [2.05, 4.69) is 43.3 Å². The molecule has 0 unspecified atom stereocenters. The predicted molar refractivity (Wildman–Crippen MR) is 54.8 cm³/mol. The SMILES string of the molecule is Cc1ccc(N(C)[Si])c(C)c1C. The first kappa shape index (κ1) is 9.33. The largest absolute Gasteiger partial charge is 0.402 e. The van der Waals surface area contributed by atoms with Gasteiger partial charge >= 0.3 is 0 Å². The summed E-state index contributed by atoms with van der Waals surface area (Å²) < 4.78 is 1.96. The topological polar surface area (TPSA) is 3.24 Å². The maximum Gasteiger partial charge on any atom is 0.188 e. The lowest BCUT2D eigenvalue weighted by Gasteiger charge is -2.18. The minimum absolute atomic E-state index is 1.23. The monoisotopic (exact) mass is 176 g/mol. The first-order chi connectivity index (χ1) is 5.54. The second-order valence-electron chi connectivity index (χ2n) is 3.21. The van der Waals surface area contributed by atoms with Crippen molar-refractivity contribution in [3.8, 4) is 0 Å². The Morgan fingerprint density at radius 1 is 1.08 bits per heavy atom. The lowest BCUT2D eigenvalue weighted by atomic mass is 10.0. The zero-order valence-electron chi connectivity index (χ0n) is 8.10. The summed E-state index contributed by atoms with van der Waals surface area (Å²) in [5.74, 6) is 0. The third-order valence-corrected chi connectivity index (χ3v) is 2.63. The zero-order chi connectivity index (χ0) is 9.30. The van der Waals surface area contributed by atoms with Gasteiger partial charge in [0.15, 0.2) is 10.4 Å². The van der Waals surface area contributed by atoms with E-state index in [0.717, 1.165) is 0 Å². The van der Waals surface area contributed by atoms with Gasteiger partial charge in [0, 0.05) is 5.69 Å². The summed E-state index contributed by atoms with van der Waals surface area (Å²) in [6.45, 7) is 6.44. The molecule has 0 bridgehead atoms. The summed E-state index contributed by atoms with van der Waals surface area (Å²) in [6, 6.07) is 4.28. The van der Waals surface area contributed by atoms with Crippen LogP contribution in [0.1, 0.15) is 16.7 Å². The molecule has 0 aromatic heterocycles. The average molecular weight is 176 g/mol. The smallest absolute Gasteiger partial charge is 0.188 e. The summed E-state index contributed by atoms with van der Waals surface area (Å²) in [7, 11) is 5.47. The highest BCUT2D eigenvalue weighted by molar-refractivity contribution is 6.17. The number of anilines is 1.